The molecule has 2 rings (SSSR count). The Kier molecular flexibility index (Phi) is 3.69. The molecule has 0 spiro atoms. The van der Waals surface area contributed by atoms with Crippen LogP contribution in [0.25, 0.3) is 0 Å². The van der Waals surface area contributed by atoms with Crippen molar-refractivity contribution in [3.63, 3.8) is 0 Å². The number of hydrogen-bond acceptors (Lipinski definition) is 2. The zero-order chi connectivity index (χ0) is 12.3. The maximum atomic E-state index is 12.0. The lowest BCUT2D eigenvalue weighted by atomic mass is 10.1. The van der Waals surface area contributed by atoms with Crippen LogP contribution in [0.5, 0.6) is 0 Å². The normalized spacial score (nSPS) is 10.2. The number of carbonyl (C=O) groups is 1. The SMILES string of the molecule is Cc1ccc(CC(=O)c2ccc(Br)cc2)nc1. The number of carbonyl (C=O) groups excluding carboxylic acids is 1. The number of nitrogens with zero attached hydrogens (tertiary/aromatic N) is 1. The summed E-state index contributed by atoms with van der Waals surface area (Å²) in [6, 6.07) is 11.2. The summed E-state index contributed by atoms with van der Waals surface area (Å²) in [5.41, 5.74) is 2.63. The van der Waals surface area contributed by atoms with Crippen LogP contribution in [-0.2, 0) is 6.42 Å². The van der Waals surface area contributed by atoms with E-state index in [1.807, 2.05) is 43.3 Å². The molecule has 3 heteroatoms. The van der Waals surface area contributed by atoms with Gasteiger partial charge in [0.05, 0.1) is 6.42 Å². The fourth-order valence-electron chi connectivity index (χ4n) is 1.51. The van der Waals surface area contributed by atoms with Crippen molar-refractivity contribution in [2.45, 2.75) is 13.3 Å². The molecule has 0 radical (unpaired) electrons. The Bertz CT molecular complexity index is 517. The minimum absolute atomic E-state index is 0.0915. The van der Waals surface area contributed by atoms with Crippen molar-refractivity contribution in [1.29, 1.82) is 0 Å². The molecule has 0 unspecified atom stereocenters. The van der Waals surface area contributed by atoms with Crippen molar-refractivity contribution in [2.24, 2.45) is 0 Å². The zero-order valence-corrected chi connectivity index (χ0v) is 11.1. The molecule has 0 bridgehead atoms. The number of pyridine rings is 1. The van der Waals surface area contributed by atoms with E-state index in [0.717, 1.165) is 21.3 Å². The Morgan fingerprint density at radius 2 is 1.88 bits per heavy atom. The van der Waals surface area contributed by atoms with E-state index >= 15 is 0 Å². The zero-order valence-electron chi connectivity index (χ0n) is 9.48. The van der Waals surface area contributed by atoms with Gasteiger partial charge < -0.3 is 0 Å². The summed E-state index contributed by atoms with van der Waals surface area (Å²) in [6.07, 6.45) is 2.13. The molecular weight excluding hydrogens is 278 g/mol. The van der Waals surface area contributed by atoms with Crippen molar-refractivity contribution in [2.75, 3.05) is 0 Å². The van der Waals surface area contributed by atoms with Gasteiger partial charge in [-0.1, -0.05) is 34.1 Å². The van der Waals surface area contributed by atoms with Gasteiger partial charge in [-0.25, -0.2) is 0 Å². The highest BCUT2D eigenvalue weighted by Gasteiger charge is 2.07. The van der Waals surface area contributed by atoms with Crippen LogP contribution >= 0.6 is 15.9 Å². The van der Waals surface area contributed by atoms with Gasteiger partial charge in [0.2, 0.25) is 0 Å². The Labute approximate surface area is 109 Å². The van der Waals surface area contributed by atoms with E-state index in [4.69, 9.17) is 0 Å². The summed E-state index contributed by atoms with van der Waals surface area (Å²) >= 11 is 3.35. The number of aryl methyl sites for hydroxylation is 1. The van der Waals surface area contributed by atoms with Gasteiger partial charge in [0.1, 0.15) is 0 Å². The van der Waals surface area contributed by atoms with Crippen LogP contribution in [0.15, 0.2) is 47.1 Å². The van der Waals surface area contributed by atoms with Crippen LogP contribution in [0, 0.1) is 6.92 Å². The van der Waals surface area contributed by atoms with Gasteiger partial charge in [-0.2, -0.15) is 0 Å². The third-order valence-electron chi connectivity index (χ3n) is 2.48. The first-order valence-corrected chi connectivity index (χ1v) is 6.15. The fourth-order valence-corrected chi connectivity index (χ4v) is 1.77. The molecule has 86 valence electrons. The molecule has 0 atom stereocenters. The average Bonchev–Trinajstić information content (AvgIpc) is 2.33. The second kappa shape index (κ2) is 5.23. The van der Waals surface area contributed by atoms with Gasteiger partial charge in [0.15, 0.2) is 5.78 Å². The average molecular weight is 290 g/mol. The topological polar surface area (TPSA) is 30.0 Å². The number of Topliss-reactive ketones (excluding diaryl/α,β-unsaturated/α-hetero) is 1. The lowest BCUT2D eigenvalue weighted by molar-refractivity contribution is 0.0992. The first-order chi connectivity index (χ1) is 8.15. The van der Waals surface area contributed by atoms with E-state index in [1.54, 1.807) is 6.20 Å². The van der Waals surface area contributed by atoms with Gasteiger partial charge in [0, 0.05) is 21.9 Å². The molecule has 0 amide bonds. The number of rotatable bonds is 3. The largest absolute Gasteiger partial charge is 0.294 e. The molecule has 17 heavy (non-hydrogen) atoms. The van der Waals surface area contributed by atoms with Crippen molar-refractivity contribution in [3.8, 4) is 0 Å². The second-order valence-electron chi connectivity index (χ2n) is 3.93. The third kappa shape index (κ3) is 3.24. The Balaban J connectivity index is 2.11. The van der Waals surface area contributed by atoms with Crippen molar-refractivity contribution >= 4 is 21.7 Å². The second-order valence-corrected chi connectivity index (χ2v) is 4.85. The quantitative estimate of drug-likeness (QED) is 0.809. The molecule has 0 saturated heterocycles. The first-order valence-electron chi connectivity index (χ1n) is 5.35. The summed E-state index contributed by atoms with van der Waals surface area (Å²) < 4.78 is 0.975. The van der Waals surface area contributed by atoms with Gasteiger partial charge in [-0.3, -0.25) is 9.78 Å². The predicted octanol–water partition coefficient (Wildman–Crippen LogP) is 3.58. The number of hydrogen-bond donors (Lipinski definition) is 0. The molecule has 0 fully saturated rings. The van der Waals surface area contributed by atoms with Crippen LogP contribution in [0.3, 0.4) is 0 Å². The number of halogens is 1. The van der Waals surface area contributed by atoms with E-state index in [1.165, 1.54) is 0 Å². The molecule has 0 aliphatic rings. The Hall–Kier alpha value is -1.48. The van der Waals surface area contributed by atoms with E-state index < -0.39 is 0 Å². The molecule has 1 heterocycles. The lowest BCUT2D eigenvalue weighted by Crippen LogP contribution is -2.04. The molecule has 1 aromatic heterocycles. The minimum atomic E-state index is 0.0915. The molecule has 2 nitrogen and oxygen atoms in total. The highest BCUT2D eigenvalue weighted by atomic mass is 79.9. The summed E-state index contributed by atoms with van der Waals surface area (Å²) in [4.78, 5) is 16.2. The summed E-state index contributed by atoms with van der Waals surface area (Å²) in [6.45, 7) is 1.98. The molecule has 0 saturated carbocycles. The molecule has 1 aromatic carbocycles. The fraction of sp³-hybridized carbons (Fsp3) is 0.143. The summed E-state index contributed by atoms with van der Waals surface area (Å²) in [5.74, 6) is 0.0915. The standard InChI is InChI=1S/C14H12BrNO/c1-10-2-7-13(16-9-10)8-14(17)11-3-5-12(15)6-4-11/h2-7,9H,8H2,1H3. The number of benzene rings is 1. The van der Waals surface area contributed by atoms with Crippen molar-refractivity contribution in [1.82, 2.24) is 4.98 Å². The summed E-state index contributed by atoms with van der Waals surface area (Å²) in [5, 5.41) is 0. The number of aromatic nitrogens is 1. The van der Waals surface area contributed by atoms with Gasteiger partial charge in [0.25, 0.3) is 0 Å². The number of ketones is 1. The molecule has 0 N–H and O–H groups in total. The molecule has 0 aliphatic heterocycles. The maximum Gasteiger partial charge on any atom is 0.168 e. The van der Waals surface area contributed by atoms with Gasteiger partial charge >= 0.3 is 0 Å². The van der Waals surface area contributed by atoms with E-state index in [0.29, 0.717) is 6.42 Å². The van der Waals surface area contributed by atoms with Crippen LogP contribution < -0.4 is 0 Å². The highest BCUT2D eigenvalue weighted by Crippen LogP contribution is 2.12. The van der Waals surface area contributed by atoms with E-state index in [2.05, 4.69) is 20.9 Å². The smallest absolute Gasteiger partial charge is 0.168 e. The Morgan fingerprint density at radius 3 is 2.47 bits per heavy atom. The van der Waals surface area contributed by atoms with Crippen LogP contribution in [-0.4, -0.2) is 10.8 Å². The molecule has 0 aliphatic carbocycles. The van der Waals surface area contributed by atoms with Crippen LogP contribution in [0.2, 0.25) is 0 Å². The highest BCUT2D eigenvalue weighted by molar-refractivity contribution is 9.10. The maximum absolute atomic E-state index is 12.0. The molecule has 2 aromatic rings. The van der Waals surface area contributed by atoms with Crippen LogP contribution in [0.1, 0.15) is 21.6 Å². The Morgan fingerprint density at radius 1 is 1.18 bits per heavy atom. The van der Waals surface area contributed by atoms with Crippen molar-refractivity contribution in [3.05, 3.63) is 63.9 Å². The minimum Gasteiger partial charge on any atom is -0.294 e. The van der Waals surface area contributed by atoms with Gasteiger partial charge in [-0.05, 0) is 30.7 Å². The van der Waals surface area contributed by atoms with E-state index in [9.17, 15) is 4.79 Å². The predicted molar refractivity (Wildman–Crippen MR) is 71.2 cm³/mol. The first kappa shape index (κ1) is 12.0. The van der Waals surface area contributed by atoms with Crippen molar-refractivity contribution < 1.29 is 4.79 Å². The third-order valence-corrected chi connectivity index (χ3v) is 3.01. The molecular formula is C14H12BrNO. The monoisotopic (exact) mass is 289 g/mol. The van der Waals surface area contributed by atoms with Crippen LogP contribution in [0.4, 0.5) is 0 Å². The lowest BCUT2D eigenvalue weighted by Gasteiger charge is -2.01. The van der Waals surface area contributed by atoms with Gasteiger partial charge in [-0.15, -0.1) is 0 Å². The summed E-state index contributed by atoms with van der Waals surface area (Å²) in [7, 11) is 0. The van der Waals surface area contributed by atoms with E-state index in [-0.39, 0.29) is 5.78 Å².